The van der Waals surface area contributed by atoms with E-state index in [4.69, 9.17) is 9.47 Å². The van der Waals surface area contributed by atoms with Crippen LogP contribution in [-0.2, 0) is 16.2 Å². The van der Waals surface area contributed by atoms with Crippen LogP contribution >= 0.6 is 11.8 Å². The molecule has 5 rings (SSSR count). The van der Waals surface area contributed by atoms with E-state index in [9.17, 15) is 14.4 Å². The van der Waals surface area contributed by atoms with Gasteiger partial charge in [0.1, 0.15) is 23.8 Å². The third-order valence-corrected chi connectivity index (χ3v) is 8.28. The van der Waals surface area contributed by atoms with Gasteiger partial charge in [0.2, 0.25) is 5.91 Å². The number of benzene rings is 5. The molecule has 9 heteroatoms. The number of hydrogen-bond donors (Lipinski definition) is 3. The molecule has 0 radical (unpaired) electrons. The minimum absolute atomic E-state index is 0.0607. The van der Waals surface area contributed by atoms with Crippen LogP contribution in [0.4, 0.5) is 11.4 Å². The van der Waals surface area contributed by atoms with Crippen molar-refractivity contribution in [3.63, 3.8) is 0 Å². The lowest BCUT2D eigenvalue weighted by Gasteiger charge is -2.15. The van der Waals surface area contributed by atoms with Gasteiger partial charge in [0.05, 0.1) is 17.5 Å². The summed E-state index contributed by atoms with van der Waals surface area (Å²) in [5.74, 6) is 0.179. The van der Waals surface area contributed by atoms with E-state index in [0.29, 0.717) is 47.2 Å². The molecule has 0 aromatic heterocycles. The van der Waals surface area contributed by atoms with Gasteiger partial charge in [-0.05, 0) is 85.6 Å². The van der Waals surface area contributed by atoms with Crippen molar-refractivity contribution in [1.29, 1.82) is 0 Å². The maximum absolute atomic E-state index is 13.6. The Labute approximate surface area is 290 Å². The maximum atomic E-state index is 13.6. The highest BCUT2D eigenvalue weighted by Gasteiger charge is 2.18. The van der Waals surface area contributed by atoms with Crippen LogP contribution < -0.4 is 25.4 Å². The van der Waals surface area contributed by atoms with Crippen LogP contribution in [0.5, 0.6) is 11.5 Å². The quantitative estimate of drug-likeness (QED) is 0.0812. The van der Waals surface area contributed by atoms with Crippen molar-refractivity contribution >= 4 is 46.9 Å². The van der Waals surface area contributed by atoms with Crippen LogP contribution in [0, 0.1) is 0 Å². The van der Waals surface area contributed by atoms with Crippen LogP contribution in [0.3, 0.4) is 0 Å². The molecule has 5 aromatic carbocycles. The van der Waals surface area contributed by atoms with E-state index in [0.717, 1.165) is 10.5 Å². The molecule has 0 aliphatic heterocycles. The Morgan fingerprint density at radius 2 is 1.45 bits per heavy atom. The molecule has 0 fully saturated rings. The normalized spacial score (nSPS) is 11.6. The summed E-state index contributed by atoms with van der Waals surface area (Å²) in [6.07, 6.45) is 1.61. The summed E-state index contributed by atoms with van der Waals surface area (Å²) >= 11 is 1.35. The largest absolute Gasteiger partial charge is 0.492 e. The highest BCUT2D eigenvalue weighted by Crippen LogP contribution is 2.29. The van der Waals surface area contributed by atoms with Gasteiger partial charge >= 0.3 is 0 Å². The van der Waals surface area contributed by atoms with Crippen molar-refractivity contribution in [2.24, 2.45) is 0 Å². The summed E-state index contributed by atoms with van der Waals surface area (Å²) in [6, 6.07) is 40.3. The number of carbonyl (C=O) groups excluding carboxylic acids is 3. The number of thioether (sulfide) groups is 1. The Bertz CT molecular complexity index is 1900. The standard InChI is InChI=1S/C40H37N3O5S/c1-3-47-37-20-11-10-19-35(37)42-38(44)28(2)49-34-18-12-17-32(26-34)41-40(46)36(43-39(45)31-15-8-5-9-16-31)25-29-21-23-33(24-22-29)48-27-30-13-6-4-7-14-30/h4-26,28H,3,27H2,1-2H3,(H,41,46)(H,42,44)(H,43,45)/b36-25+. The Kier molecular flexibility index (Phi) is 12.2. The fraction of sp³-hybridized carbons (Fsp3) is 0.125. The fourth-order valence-corrected chi connectivity index (χ4v) is 5.63. The molecule has 49 heavy (non-hydrogen) atoms. The number of hydrogen-bond acceptors (Lipinski definition) is 6. The second kappa shape index (κ2) is 17.4. The Morgan fingerprint density at radius 1 is 0.755 bits per heavy atom. The van der Waals surface area contributed by atoms with Crippen LogP contribution in [0.25, 0.3) is 6.08 Å². The summed E-state index contributed by atoms with van der Waals surface area (Å²) in [5, 5.41) is 8.16. The van der Waals surface area contributed by atoms with Crippen LogP contribution in [0.1, 0.15) is 35.3 Å². The molecule has 1 atom stereocenters. The van der Waals surface area contributed by atoms with E-state index in [1.54, 1.807) is 54.6 Å². The van der Waals surface area contributed by atoms with Crippen molar-refractivity contribution in [2.45, 2.75) is 30.6 Å². The van der Waals surface area contributed by atoms with Gasteiger partial charge in [-0.1, -0.05) is 78.9 Å². The number of nitrogens with one attached hydrogen (secondary N) is 3. The lowest BCUT2D eigenvalue weighted by Crippen LogP contribution is -2.30. The van der Waals surface area contributed by atoms with Gasteiger partial charge in [-0.25, -0.2) is 0 Å². The monoisotopic (exact) mass is 671 g/mol. The van der Waals surface area contributed by atoms with E-state index >= 15 is 0 Å². The molecule has 0 heterocycles. The number of carbonyl (C=O) groups is 3. The molecule has 0 spiro atoms. The molecule has 0 saturated heterocycles. The van der Waals surface area contributed by atoms with Crippen molar-refractivity contribution in [3.05, 3.63) is 156 Å². The predicted molar refractivity (Wildman–Crippen MR) is 196 cm³/mol. The summed E-state index contributed by atoms with van der Waals surface area (Å²) in [5.41, 5.74) is 3.34. The van der Waals surface area contributed by atoms with Gasteiger partial charge in [0.25, 0.3) is 11.8 Å². The average Bonchev–Trinajstić information content (AvgIpc) is 3.13. The number of anilines is 2. The molecule has 8 nitrogen and oxygen atoms in total. The van der Waals surface area contributed by atoms with Gasteiger partial charge < -0.3 is 25.4 Å². The molecular weight excluding hydrogens is 635 g/mol. The summed E-state index contributed by atoms with van der Waals surface area (Å²) < 4.78 is 11.5. The van der Waals surface area contributed by atoms with Crippen LogP contribution in [0.2, 0.25) is 0 Å². The van der Waals surface area contributed by atoms with Crippen LogP contribution in [0.15, 0.2) is 144 Å². The fourth-order valence-electron chi connectivity index (χ4n) is 4.70. The second-order valence-electron chi connectivity index (χ2n) is 10.9. The predicted octanol–water partition coefficient (Wildman–Crippen LogP) is 8.19. The van der Waals surface area contributed by atoms with Gasteiger partial charge in [0.15, 0.2) is 0 Å². The molecule has 3 amide bonds. The van der Waals surface area contributed by atoms with Crippen molar-refractivity contribution in [3.8, 4) is 11.5 Å². The van der Waals surface area contributed by atoms with Crippen LogP contribution in [-0.4, -0.2) is 29.6 Å². The maximum Gasteiger partial charge on any atom is 0.272 e. The molecular formula is C40H37N3O5S. The van der Waals surface area contributed by atoms with E-state index in [2.05, 4.69) is 16.0 Å². The van der Waals surface area contributed by atoms with Gasteiger partial charge in [0, 0.05) is 16.1 Å². The third kappa shape index (κ3) is 10.3. The van der Waals surface area contributed by atoms with E-state index in [1.165, 1.54) is 11.8 Å². The smallest absolute Gasteiger partial charge is 0.272 e. The highest BCUT2D eigenvalue weighted by molar-refractivity contribution is 8.00. The number of para-hydroxylation sites is 2. The lowest BCUT2D eigenvalue weighted by molar-refractivity contribution is -0.115. The number of amides is 3. The first kappa shape index (κ1) is 34.5. The molecule has 0 saturated carbocycles. The van der Waals surface area contributed by atoms with Crippen molar-refractivity contribution < 1.29 is 23.9 Å². The first-order valence-electron chi connectivity index (χ1n) is 15.8. The van der Waals surface area contributed by atoms with E-state index in [1.807, 2.05) is 98.8 Å². The molecule has 5 aromatic rings. The molecule has 3 N–H and O–H groups in total. The molecule has 1 unspecified atom stereocenters. The Morgan fingerprint density at radius 3 is 2.18 bits per heavy atom. The topological polar surface area (TPSA) is 106 Å². The minimum Gasteiger partial charge on any atom is -0.492 e. The molecule has 248 valence electrons. The highest BCUT2D eigenvalue weighted by atomic mass is 32.2. The van der Waals surface area contributed by atoms with E-state index in [-0.39, 0.29) is 11.6 Å². The second-order valence-corrected chi connectivity index (χ2v) is 12.3. The molecule has 0 aliphatic carbocycles. The SMILES string of the molecule is CCOc1ccccc1NC(=O)C(C)Sc1cccc(NC(=O)/C(=C\c2ccc(OCc3ccccc3)cc2)NC(=O)c2ccccc2)c1. The third-order valence-electron chi connectivity index (χ3n) is 7.19. The van der Waals surface area contributed by atoms with E-state index < -0.39 is 17.1 Å². The average molecular weight is 672 g/mol. The van der Waals surface area contributed by atoms with Crippen molar-refractivity contribution in [1.82, 2.24) is 5.32 Å². The van der Waals surface area contributed by atoms with Gasteiger partial charge in [-0.15, -0.1) is 11.8 Å². The Balaban J connectivity index is 1.28. The first-order valence-corrected chi connectivity index (χ1v) is 16.7. The molecule has 0 aliphatic rings. The van der Waals surface area contributed by atoms with Crippen molar-refractivity contribution in [2.75, 3.05) is 17.2 Å². The van der Waals surface area contributed by atoms with Gasteiger partial charge in [-0.2, -0.15) is 0 Å². The van der Waals surface area contributed by atoms with Gasteiger partial charge in [-0.3, -0.25) is 14.4 Å². The number of ether oxygens (including phenoxy) is 2. The zero-order valence-electron chi connectivity index (χ0n) is 27.2. The Hall–Kier alpha value is -5.80. The summed E-state index contributed by atoms with van der Waals surface area (Å²) in [4.78, 5) is 40.6. The lowest BCUT2D eigenvalue weighted by atomic mass is 10.1. The zero-order chi connectivity index (χ0) is 34.4. The first-order chi connectivity index (χ1) is 23.9. The summed E-state index contributed by atoms with van der Waals surface area (Å²) in [6.45, 7) is 4.62. The zero-order valence-corrected chi connectivity index (χ0v) is 28.0. The summed E-state index contributed by atoms with van der Waals surface area (Å²) in [7, 11) is 0. The molecule has 0 bridgehead atoms. The number of rotatable bonds is 14. The minimum atomic E-state index is -0.505.